The molecule has 1 saturated heterocycles. The summed E-state index contributed by atoms with van der Waals surface area (Å²) in [5, 5.41) is 14.1. The molecular weight excluding hydrogens is 376 g/mol. The number of nitrogens with zero attached hydrogens (tertiary/aromatic N) is 3. The normalized spacial score (nSPS) is 15.3. The van der Waals surface area contributed by atoms with Crippen LogP contribution in [0, 0.1) is 11.3 Å². The lowest BCUT2D eigenvalue weighted by atomic mass is 10.1. The summed E-state index contributed by atoms with van der Waals surface area (Å²) in [6.45, 7) is 2.86. The number of pyridine rings is 1. The number of anilines is 1. The summed E-state index contributed by atoms with van der Waals surface area (Å²) in [5.41, 5.74) is 6.29. The lowest BCUT2D eigenvalue weighted by molar-refractivity contribution is -0.116. The topological polar surface area (TPSA) is 128 Å². The molecule has 4 N–H and O–H groups in total. The summed E-state index contributed by atoms with van der Waals surface area (Å²) in [6, 6.07) is 3.51. The monoisotopic (exact) mass is 398 g/mol. The van der Waals surface area contributed by atoms with E-state index < -0.39 is 5.91 Å². The quantitative estimate of drug-likeness (QED) is 0.373. The van der Waals surface area contributed by atoms with Gasteiger partial charge in [0.05, 0.1) is 11.1 Å². The molecule has 0 aromatic carbocycles. The minimum absolute atomic E-state index is 0.0550. The van der Waals surface area contributed by atoms with Gasteiger partial charge in [-0.2, -0.15) is 5.26 Å². The smallest absolute Gasteiger partial charge is 0.259 e. The number of thioether (sulfide) groups is 1. The van der Waals surface area contributed by atoms with Crippen LogP contribution in [-0.4, -0.2) is 46.3 Å². The molecule has 0 saturated carbocycles. The second kappa shape index (κ2) is 9.39. The highest BCUT2D eigenvalue weighted by Crippen LogP contribution is 2.33. The molecule has 3 rings (SSSR count). The predicted molar refractivity (Wildman–Crippen MR) is 108 cm³/mol. The number of aromatic nitrogens is 2. The van der Waals surface area contributed by atoms with Gasteiger partial charge in [0.1, 0.15) is 17.3 Å². The van der Waals surface area contributed by atoms with E-state index in [0.29, 0.717) is 17.8 Å². The second-order valence-corrected chi connectivity index (χ2v) is 7.47. The highest BCUT2D eigenvalue weighted by molar-refractivity contribution is 8.02. The summed E-state index contributed by atoms with van der Waals surface area (Å²) in [5.74, 6) is -0.833. The molecule has 2 amide bonds. The maximum absolute atomic E-state index is 12.4. The molecule has 0 atom stereocenters. The highest BCUT2D eigenvalue weighted by Gasteiger charge is 2.15. The third-order valence-corrected chi connectivity index (χ3v) is 5.53. The van der Waals surface area contributed by atoms with Gasteiger partial charge in [-0.3, -0.25) is 9.59 Å². The molecule has 0 spiro atoms. The Morgan fingerprint density at radius 2 is 2.18 bits per heavy atom. The van der Waals surface area contributed by atoms with Crippen molar-refractivity contribution in [1.29, 1.82) is 5.26 Å². The first-order valence-electron chi connectivity index (χ1n) is 9.13. The number of carbonyl (C=O) groups is 2. The van der Waals surface area contributed by atoms with E-state index in [4.69, 9.17) is 11.0 Å². The first-order chi connectivity index (χ1) is 13.6. The lowest BCUT2D eigenvalue weighted by Crippen LogP contribution is -2.32. The zero-order valence-electron chi connectivity index (χ0n) is 15.4. The number of piperidine rings is 1. The Kier molecular flexibility index (Phi) is 6.68. The lowest BCUT2D eigenvalue weighted by Gasteiger charge is -2.25. The molecule has 1 fully saturated rings. The van der Waals surface area contributed by atoms with Crippen molar-refractivity contribution >= 4 is 40.3 Å². The van der Waals surface area contributed by atoms with Gasteiger partial charge in [0, 0.05) is 30.3 Å². The van der Waals surface area contributed by atoms with Gasteiger partial charge in [-0.1, -0.05) is 18.2 Å². The van der Waals surface area contributed by atoms with Gasteiger partial charge < -0.3 is 20.9 Å². The highest BCUT2D eigenvalue weighted by atomic mass is 32.2. The number of H-pyrrole nitrogens is 1. The molecule has 2 aromatic heterocycles. The van der Waals surface area contributed by atoms with Crippen molar-refractivity contribution in [2.24, 2.45) is 5.73 Å². The van der Waals surface area contributed by atoms with Gasteiger partial charge >= 0.3 is 0 Å². The summed E-state index contributed by atoms with van der Waals surface area (Å²) in [4.78, 5) is 34.0. The van der Waals surface area contributed by atoms with Crippen LogP contribution in [-0.2, 0) is 9.59 Å². The van der Waals surface area contributed by atoms with Crippen LogP contribution >= 0.6 is 11.8 Å². The Balaban J connectivity index is 1.72. The molecule has 3 heterocycles. The minimum Gasteiger partial charge on any atom is -0.365 e. The zero-order valence-corrected chi connectivity index (χ0v) is 16.2. The van der Waals surface area contributed by atoms with E-state index in [0.717, 1.165) is 29.9 Å². The van der Waals surface area contributed by atoms with Gasteiger partial charge in [-0.05, 0) is 37.4 Å². The van der Waals surface area contributed by atoms with Gasteiger partial charge in [0.2, 0.25) is 5.91 Å². The van der Waals surface area contributed by atoms with Crippen LogP contribution in [0.1, 0.15) is 25.7 Å². The van der Waals surface area contributed by atoms with Crippen molar-refractivity contribution in [2.75, 3.05) is 25.0 Å². The van der Waals surface area contributed by atoms with Crippen LogP contribution in [0.15, 0.2) is 34.3 Å². The molecule has 0 bridgehead atoms. The molecule has 146 valence electrons. The maximum atomic E-state index is 12.4. The van der Waals surface area contributed by atoms with E-state index in [-0.39, 0.29) is 11.5 Å². The molecule has 0 aliphatic carbocycles. The van der Waals surface area contributed by atoms with E-state index >= 15 is 0 Å². The summed E-state index contributed by atoms with van der Waals surface area (Å²) >= 11 is 1.18. The Morgan fingerprint density at radius 3 is 2.89 bits per heavy atom. The minimum atomic E-state index is -0.779. The van der Waals surface area contributed by atoms with E-state index in [9.17, 15) is 9.59 Å². The fourth-order valence-corrected chi connectivity index (χ4v) is 4.01. The van der Waals surface area contributed by atoms with E-state index in [1.54, 1.807) is 24.5 Å². The van der Waals surface area contributed by atoms with Crippen molar-refractivity contribution in [2.45, 2.75) is 30.6 Å². The van der Waals surface area contributed by atoms with Crippen LogP contribution in [0.5, 0.6) is 0 Å². The number of likely N-dealkylation sites (tertiary alicyclic amines) is 1. The molecule has 28 heavy (non-hydrogen) atoms. The number of nitrogens with one attached hydrogen (secondary N) is 2. The second-order valence-electron chi connectivity index (χ2n) is 6.56. The Labute approximate surface area is 167 Å². The number of carbonyl (C=O) groups excluding carboxylic acids is 2. The number of aromatic amines is 1. The zero-order chi connectivity index (χ0) is 19.9. The van der Waals surface area contributed by atoms with Crippen LogP contribution in [0.3, 0.4) is 0 Å². The average Bonchev–Trinajstić information content (AvgIpc) is 3.12. The predicted octanol–water partition coefficient (Wildman–Crippen LogP) is 2.36. The fraction of sp³-hybridized carbons (Fsp3) is 0.368. The van der Waals surface area contributed by atoms with Gasteiger partial charge in [0.15, 0.2) is 0 Å². The summed E-state index contributed by atoms with van der Waals surface area (Å²) in [7, 11) is 0. The van der Waals surface area contributed by atoms with Gasteiger partial charge in [0.25, 0.3) is 5.91 Å². The van der Waals surface area contributed by atoms with Crippen molar-refractivity contribution < 1.29 is 9.59 Å². The first-order valence-corrected chi connectivity index (χ1v) is 10.0. The standard InChI is InChI=1S/C19H22N6O2S/c20-10-13(18(21)27)12-28-15-11-23-19-17(15)14(4-6-22-19)24-16(26)5-9-25-7-2-1-3-8-25/h4,6,11-12H,1-3,5,7-9H2,(H2,21,27)(H2,22,23,24,26). The number of primary amides is 1. The number of hydrogen-bond donors (Lipinski definition) is 3. The number of rotatable bonds is 7. The van der Waals surface area contributed by atoms with Crippen LogP contribution in [0.25, 0.3) is 11.0 Å². The van der Waals surface area contributed by atoms with Crippen LogP contribution in [0.4, 0.5) is 5.69 Å². The van der Waals surface area contributed by atoms with Crippen LogP contribution in [0.2, 0.25) is 0 Å². The number of hydrogen-bond acceptors (Lipinski definition) is 6. The molecule has 1 aliphatic rings. The van der Waals surface area contributed by atoms with Crippen molar-refractivity contribution in [3.8, 4) is 6.07 Å². The first kappa shape index (κ1) is 19.9. The summed E-state index contributed by atoms with van der Waals surface area (Å²) in [6.07, 6.45) is 7.42. The van der Waals surface area contributed by atoms with E-state index in [2.05, 4.69) is 20.2 Å². The molecule has 1 aliphatic heterocycles. The van der Waals surface area contributed by atoms with Gasteiger partial charge in [-0.25, -0.2) is 4.98 Å². The SMILES string of the molecule is N#CC(=CSc1c[nH]c2nccc(NC(=O)CCN3CCCCC3)c12)C(N)=O. The van der Waals surface area contributed by atoms with Crippen LogP contribution < -0.4 is 11.1 Å². The average molecular weight is 398 g/mol. The Bertz CT molecular complexity index is 940. The van der Waals surface area contributed by atoms with Crippen molar-refractivity contribution in [3.63, 3.8) is 0 Å². The summed E-state index contributed by atoms with van der Waals surface area (Å²) < 4.78 is 0. The Morgan fingerprint density at radius 1 is 1.39 bits per heavy atom. The molecule has 0 unspecified atom stereocenters. The van der Waals surface area contributed by atoms with Crippen molar-refractivity contribution in [3.05, 3.63) is 29.4 Å². The van der Waals surface area contributed by atoms with Crippen molar-refractivity contribution in [1.82, 2.24) is 14.9 Å². The maximum Gasteiger partial charge on any atom is 0.259 e. The van der Waals surface area contributed by atoms with E-state index in [1.165, 1.54) is 36.4 Å². The molecule has 2 aromatic rings. The Hall–Kier alpha value is -2.83. The molecule has 0 radical (unpaired) electrons. The third kappa shape index (κ3) is 4.91. The van der Waals surface area contributed by atoms with Gasteiger partial charge in [-0.15, -0.1) is 0 Å². The largest absolute Gasteiger partial charge is 0.365 e. The molecule has 8 nitrogen and oxygen atoms in total. The third-order valence-electron chi connectivity index (χ3n) is 4.60. The number of nitrogens with two attached hydrogens (primary N) is 1. The van der Waals surface area contributed by atoms with E-state index in [1.807, 2.05) is 0 Å². The number of amides is 2. The number of nitriles is 1. The molecular formula is C19H22N6O2S. The fourth-order valence-electron chi connectivity index (χ4n) is 3.14. The number of fused-ring (bicyclic) bond motifs is 1. The molecule has 9 heteroatoms.